The van der Waals surface area contributed by atoms with E-state index in [9.17, 15) is 9.90 Å². The maximum atomic E-state index is 13.5. The molecule has 0 amide bonds. The monoisotopic (exact) mass is 464 g/mol. The highest BCUT2D eigenvalue weighted by Gasteiger charge is 2.37. The second kappa shape index (κ2) is 10.2. The largest absolute Gasteiger partial charge is 0.508 e. The van der Waals surface area contributed by atoms with Gasteiger partial charge < -0.3 is 19.5 Å². The van der Waals surface area contributed by atoms with Crippen LogP contribution in [-0.4, -0.2) is 49.0 Å². The molecule has 6 heteroatoms. The molecule has 2 heterocycles. The number of phenolic OH excluding ortho intramolecular Hbond substituents is 1. The summed E-state index contributed by atoms with van der Waals surface area (Å²) in [6.07, 6.45) is 3.23. The van der Waals surface area contributed by atoms with Gasteiger partial charge in [-0.05, 0) is 37.3 Å². The van der Waals surface area contributed by atoms with E-state index >= 15 is 0 Å². The number of carbonyl (C=O) groups excluding carboxylic acids is 1. The Balaban J connectivity index is 2.07. The van der Waals surface area contributed by atoms with Crippen molar-refractivity contribution in [3.05, 3.63) is 46.7 Å². The molecule has 0 bridgehead atoms. The van der Waals surface area contributed by atoms with Crippen LogP contribution in [0.3, 0.4) is 0 Å². The van der Waals surface area contributed by atoms with Crippen LogP contribution in [0.5, 0.6) is 5.75 Å². The number of carbonyl (C=O) groups is 1. The number of esters is 1. The number of hydrogen-bond donors (Lipinski definition) is 1. The number of hydrogen-bond acceptors (Lipinski definition) is 6. The number of allylic oxidation sites excluding steroid dienone is 1. The number of benzene rings is 1. The van der Waals surface area contributed by atoms with Crippen molar-refractivity contribution in [1.82, 2.24) is 4.98 Å². The van der Waals surface area contributed by atoms with E-state index in [0.717, 1.165) is 23.4 Å². The van der Waals surface area contributed by atoms with Crippen molar-refractivity contribution in [2.75, 3.05) is 37.8 Å². The standard InChI is InChI=1S/C28H36N2O4/c1-6-19-16-22-25(18(5)23(19)17(3)4)29-26(20-9-8-10-21(31)15-20)24(28(32)34-7-2)27(22)30-11-13-33-14-12-30/h8-10,15-18,23,31H,6-7,11-14H2,1-5H3. The fourth-order valence-electron chi connectivity index (χ4n) is 5.58. The van der Waals surface area contributed by atoms with Crippen LogP contribution in [0.4, 0.5) is 5.69 Å². The number of nitrogens with zero attached hydrogens (tertiary/aromatic N) is 2. The Morgan fingerprint density at radius 3 is 2.62 bits per heavy atom. The van der Waals surface area contributed by atoms with Gasteiger partial charge >= 0.3 is 5.97 Å². The van der Waals surface area contributed by atoms with E-state index in [1.165, 1.54) is 5.57 Å². The second-order valence-electron chi connectivity index (χ2n) is 9.48. The Bertz CT molecular complexity index is 1090. The third-order valence-electron chi connectivity index (χ3n) is 7.02. The number of aromatic hydroxyl groups is 1. The molecule has 34 heavy (non-hydrogen) atoms. The molecule has 1 fully saturated rings. The molecule has 2 aliphatic rings. The molecule has 2 aromatic rings. The number of morpholine rings is 1. The van der Waals surface area contributed by atoms with Crippen LogP contribution in [-0.2, 0) is 9.47 Å². The van der Waals surface area contributed by atoms with E-state index in [4.69, 9.17) is 14.5 Å². The smallest absolute Gasteiger partial charge is 0.342 e. The van der Waals surface area contributed by atoms with Crippen LogP contribution < -0.4 is 4.90 Å². The van der Waals surface area contributed by atoms with Gasteiger partial charge in [0.15, 0.2) is 0 Å². The quantitative estimate of drug-likeness (QED) is 0.557. The van der Waals surface area contributed by atoms with Gasteiger partial charge in [-0.1, -0.05) is 51.5 Å². The molecule has 182 valence electrons. The zero-order valence-corrected chi connectivity index (χ0v) is 20.9. The Hall–Kier alpha value is -2.86. The summed E-state index contributed by atoms with van der Waals surface area (Å²) in [4.78, 5) is 20.9. The van der Waals surface area contributed by atoms with Crippen molar-refractivity contribution in [3.8, 4) is 17.0 Å². The summed E-state index contributed by atoms with van der Waals surface area (Å²) in [5, 5.41) is 10.2. The summed E-state index contributed by atoms with van der Waals surface area (Å²) >= 11 is 0. The lowest BCUT2D eigenvalue weighted by Gasteiger charge is -2.38. The molecule has 1 saturated heterocycles. The van der Waals surface area contributed by atoms with E-state index in [2.05, 4.69) is 38.7 Å². The lowest BCUT2D eigenvalue weighted by Crippen LogP contribution is -2.39. The first-order valence-electron chi connectivity index (χ1n) is 12.4. The van der Waals surface area contributed by atoms with Gasteiger partial charge in [0.25, 0.3) is 0 Å². The summed E-state index contributed by atoms with van der Waals surface area (Å²) in [6, 6.07) is 6.97. The van der Waals surface area contributed by atoms with E-state index in [1.807, 2.05) is 13.0 Å². The van der Waals surface area contributed by atoms with Crippen LogP contribution in [0, 0.1) is 11.8 Å². The highest BCUT2D eigenvalue weighted by atomic mass is 16.5. The summed E-state index contributed by atoms with van der Waals surface area (Å²) in [7, 11) is 0. The van der Waals surface area contributed by atoms with Gasteiger partial charge in [-0.15, -0.1) is 0 Å². The SMILES string of the molecule is CCOC(=O)c1c(-c2cccc(O)c2)nc2c(c1N1CCOCC1)C=C(CC)C(C(C)C)C2C. The van der Waals surface area contributed by atoms with Gasteiger partial charge in [0.1, 0.15) is 11.3 Å². The summed E-state index contributed by atoms with van der Waals surface area (Å²) in [5.74, 6) is 0.802. The van der Waals surface area contributed by atoms with Crippen molar-refractivity contribution < 1.29 is 19.4 Å². The molecular weight excluding hydrogens is 428 g/mol. The average molecular weight is 465 g/mol. The minimum atomic E-state index is -0.386. The zero-order valence-electron chi connectivity index (χ0n) is 20.9. The van der Waals surface area contributed by atoms with Gasteiger partial charge in [0.2, 0.25) is 0 Å². The van der Waals surface area contributed by atoms with Gasteiger partial charge in [-0.25, -0.2) is 4.79 Å². The van der Waals surface area contributed by atoms with Crippen LogP contribution in [0.25, 0.3) is 17.3 Å². The molecule has 1 aromatic carbocycles. The van der Waals surface area contributed by atoms with Crippen LogP contribution in [0.15, 0.2) is 29.8 Å². The first kappa shape index (κ1) is 24.3. The highest BCUT2D eigenvalue weighted by Crippen LogP contribution is 2.48. The zero-order chi connectivity index (χ0) is 24.4. The number of phenols is 1. The summed E-state index contributed by atoms with van der Waals surface area (Å²) < 4.78 is 11.2. The Morgan fingerprint density at radius 1 is 1.26 bits per heavy atom. The Kier molecular flexibility index (Phi) is 7.27. The molecule has 6 nitrogen and oxygen atoms in total. The van der Waals surface area contributed by atoms with Crippen molar-refractivity contribution >= 4 is 17.7 Å². The first-order chi connectivity index (χ1) is 16.4. The van der Waals surface area contributed by atoms with Crippen LogP contribution in [0.1, 0.15) is 68.6 Å². The normalized spacial score (nSPS) is 20.2. The second-order valence-corrected chi connectivity index (χ2v) is 9.48. The summed E-state index contributed by atoms with van der Waals surface area (Å²) in [5.41, 5.74) is 6.04. The molecule has 1 aromatic heterocycles. The van der Waals surface area contributed by atoms with Crippen LogP contribution in [0.2, 0.25) is 0 Å². The van der Waals surface area contributed by atoms with Crippen molar-refractivity contribution in [2.45, 2.75) is 47.0 Å². The van der Waals surface area contributed by atoms with Gasteiger partial charge in [-0.2, -0.15) is 0 Å². The van der Waals surface area contributed by atoms with Crippen molar-refractivity contribution in [2.24, 2.45) is 11.8 Å². The molecule has 4 rings (SSSR count). The van der Waals surface area contributed by atoms with Crippen molar-refractivity contribution in [3.63, 3.8) is 0 Å². The topological polar surface area (TPSA) is 71.9 Å². The lowest BCUT2D eigenvalue weighted by molar-refractivity contribution is 0.0526. The molecule has 1 aliphatic carbocycles. The van der Waals surface area contributed by atoms with Gasteiger partial charge in [-0.3, -0.25) is 4.98 Å². The number of ether oxygens (including phenoxy) is 2. The predicted molar refractivity (Wildman–Crippen MR) is 135 cm³/mol. The Morgan fingerprint density at radius 2 is 2.00 bits per heavy atom. The number of fused-ring (bicyclic) bond motifs is 1. The van der Waals surface area contributed by atoms with Gasteiger partial charge in [0, 0.05) is 30.1 Å². The number of pyridine rings is 1. The fourth-order valence-corrected chi connectivity index (χ4v) is 5.58. The molecule has 1 N–H and O–H groups in total. The highest BCUT2D eigenvalue weighted by molar-refractivity contribution is 6.04. The van der Waals surface area contributed by atoms with E-state index < -0.39 is 0 Å². The minimum Gasteiger partial charge on any atom is -0.508 e. The van der Waals surface area contributed by atoms with Crippen LogP contribution >= 0.6 is 0 Å². The lowest BCUT2D eigenvalue weighted by atomic mass is 9.71. The maximum Gasteiger partial charge on any atom is 0.342 e. The molecule has 0 saturated carbocycles. The fraction of sp³-hybridized carbons (Fsp3) is 0.500. The minimum absolute atomic E-state index is 0.140. The third-order valence-corrected chi connectivity index (χ3v) is 7.02. The molecule has 2 atom stereocenters. The third kappa shape index (κ3) is 4.43. The molecule has 2 unspecified atom stereocenters. The molecule has 0 radical (unpaired) electrons. The van der Waals surface area contributed by atoms with E-state index in [0.29, 0.717) is 55.0 Å². The van der Waals surface area contributed by atoms with E-state index in [-0.39, 0.29) is 24.2 Å². The summed E-state index contributed by atoms with van der Waals surface area (Å²) in [6.45, 7) is 13.7. The average Bonchev–Trinajstić information content (AvgIpc) is 2.83. The predicted octanol–water partition coefficient (Wildman–Crippen LogP) is 5.65. The van der Waals surface area contributed by atoms with Crippen molar-refractivity contribution in [1.29, 1.82) is 0 Å². The maximum absolute atomic E-state index is 13.5. The number of rotatable bonds is 6. The number of anilines is 1. The van der Waals surface area contributed by atoms with E-state index in [1.54, 1.807) is 18.2 Å². The van der Waals surface area contributed by atoms with Gasteiger partial charge in [0.05, 0.1) is 36.9 Å². The first-order valence-corrected chi connectivity index (χ1v) is 12.4. The molecule has 1 aliphatic heterocycles. The molecule has 0 spiro atoms. The Labute approximate surface area is 202 Å². The number of aromatic nitrogens is 1. The molecular formula is C28H36N2O4.